The van der Waals surface area contributed by atoms with Gasteiger partial charge in [-0.2, -0.15) is 0 Å². The SMILES string of the molecule is Cc1ccccc1C1(N)CCCCC1. The van der Waals surface area contributed by atoms with Gasteiger partial charge in [0.1, 0.15) is 0 Å². The van der Waals surface area contributed by atoms with Gasteiger partial charge in [0.25, 0.3) is 0 Å². The van der Waals surface area contributed by atoms with Crippen molar-refractivity contribution < 1.29 is 0 Å². The summed E-state index contributed by atoms with van der Waals surface area (Å²) < 4.78 is 0. The van der Waals surface area contributed by atoms with Crippen LogP contribution in [0, 0.1) is 6.92 Å². The molecule has 0 aliphatic heterocycles. The van der Waals surface area contributed by atoms with Crippen LogP contribution in [-0.4, -0.2) is 0 Å². The third kappa shape index (κ3) is 1.69. The molecule has 0 amide bonds. The number of nitrogens with two attached hydrogens (primary N) is 1. The van der Waals surface area contributed by atoms with Gasteiger partial charge in [-0.25, -0.2) is 0 Å². The number of aryl methyl sites for hydroxylation is 1. The predicted octanol–water partition coefficient (Wildman–Crippen LogP) is 3.11. The summed E-state index contributed by atoms with van der Waals surface area (Å²) in [5.41, 5.74) is 9.15. The Balaban J connectivity index is 2.32. The van der Waals surface area contributed by atoms with Gasteiger partial charge in [-0.1, -0.05) is 43.5 Å². The second kappa shape index (κ2) is 3.74. The molecule has 0 bridgehead atoms. The largest absolute Gasteiger partial charge is 0.321 e. The summed E-state index contributed by atoms with van der Waals surface area (Å²) in [6.45, 7) is 2.17. The summed E-state index contributed by atoms with van der Waals surface area (Å²) in [5.74, 6) is 0. The molecular formula is C13H19N. The van der Waals surface area contributed by atoms with Gasteiger partial charge in [0.05, 0.1) is 0 Å². The molecule has 0 atom stereocenters. The van der Waals surface area contributed by atoms with Crippen LogP contribution in [0.3, 0.4) is 0 Å². The molecule has 0 aromatic heterocycles. The van der Waals surface area contributed by atoms with E-state index in [0.29, 0.717) is 0 Å². The molecule has 1 fully saturated rings. The maximum Gasteiger partial charge on any atom is 0.0412 e. The third-order valence-corrected chi connectivity index (χ3v) is 3.43. The highest BCUT2D eigenvalue weighted by molar-refractivity contribution is 5.32. The van der Waals surface area contributed by atoms with Crippen LogP contribution in [0.5, 0.6) is 0 Å². The van der Waals surface area contributed by atoms with E-state index in [2.05, 4.69) is 31.2 Å². The summed E-state index contributed by atoms with van der Waals surface area (Å²) in [6, 6.07) is 8.55. The molecule has 0 radical (unpaired) electrons. The average Bonchev–Trinajstić information content (AvgIpc) is 2.19. The van der Waals surface area contributed by atoms with Crippen LogP contribution in [-0.2, 0) is 5.54 Å². The van der Waals surface area contributed by atoms with Gasteiger partial charge < -0.3 is 5.73 Å². The van der Waals surface area contributed by atoms with E-state index in [1.165, 1.54) is 30.4 Å². The van der Waals surface area contributed by atoms with Crippen LogP contribution in [0.15, 0.2) is 24.3 Å². The van der Waals surface area contributed by atoms with E-state index in [1.807, 2.05) is 0 Å². The zero-order valence-electron chi connectivity index (χ0n) is 8.92. The molecule has 2 N–H and O–H groups in total. The second-order valence-corrected chi connectivity index (χ2v) is 4.53. The highest BCUT2D eigenvalue weighted by Crippen LogP contribution is 2.35. The summed E-state index contributed by atoms with van der Waals surface area (Å²) in [7, 11) is 0. The molecule has 1 heteroatoms. The van der Waals surface area contributed by atoms with Crippen LogP contribution < -0.4 is 5.73 Å². The Morgan fingerprint density at radius 1 is 1.07 bits per heavy atom. The molecule has 14 heavy (non-hydrogen) atoms. The van der Waals surface area contributed by atoms with Crippen molar-refractivity contribution in [2.75, 3.05) is 0 Å². The maximum absolute atomic E-state index is 6.48. The molecule has 2 rings (SSSR count). The molecule has 0 unspecified atom stereocenters. The van der Waals surface area contributed by atoms with Gasteiger partial charge in [0.2, 0.25) is 0 Å². The van der Waals surface area contributed by atoms with Crippen LogP contribution in [0.4, 0.5) is 0 Å². The minimum absolute atomic E-state index is 0.0381. The molecule has 1 aromatic carbocycles. The highest BCUT2D eigenvalue weighted by Gasteiger charge is 2.30. The van der Waals surface area contributed by atoms with Crippen molar-refractivity contribution in [1.82, 2.24) is 0 Å². The van der Waals surface area contributed by atoms with Gasteiger partial charge in [-0.3, -0.25) is 0 Å². The number of hydrogen-bond acceptors (Lipinski definition) is 1. The van der Waals surface area contributed by atoms with E-state index in [-0.39, 0.29) is 5.54 Å². The molecule has 1 aliphatic rings. The first kappa shape index (κ1) is 9.72. The zero-order chi connectivity index (χ0) is 10.0. The lowest BCUT2D eigenvalue weighted by atomic mass is 9.76. The van der Waals surface area contributed by atoms with Crippen molar-refractivity contribution in [3.63, 3.8) is 0 Å². The standard InChI is InChI=1S/C13H19N/c1-11-7-3-4-8-12(11)13(14)9-5-2-6-10-13/h3-4,7-8H,2,5-6,9-10,14H2,1H3. The lowest BCUT2D eigenvalue weighted by Crippen LogP contribution is -2.39. The monoisotopic (exact) mass is 189 g/mol. The van der Waals surface area contributed by atoms with Crippen molar-refractivity contribution in [2.24, 2.45) is 5.73 Å². The van der Waals surface area contributed by atoms with E-state index in [0.717, 1.165) is 12.8 Å². The zero-order valence-corrected chi connectivity index (χ0v) is 8.92. The highest BCUT2D eigenvalue weighted by atomic mass is 14.7. The van der Waals surface area contributed by atoms with Gasteiger partial charge >= 0.3 is 0 Å². The number of benzene rings is 1. The fourth-order valence-corrected chi connectivity index (χ4v) is 2.58. The lowest BCUT2D eigenvalue weighted by Gasteiger charge is -2.35. The smallest absolute Gasteiger partial charge is 0.0412 e. The molecule has 1 saturated carbocycles. The fourth-order valence-electron chi connectivity index (χ4n) is 2.58. The number of rotatable bonds is 1. The van der Waals surface area contributed by atoms with E-state index in [4.69, 9.17) is 5.73 Å². The first-order valence-corrected chi connectivity index (χ1v) is 5.57. The summed E-state index contributed by atoms with van der Waals surface area (Å²) in [5, 5.41) is 0. The van der Waals surface area contributed by atoms with Crippen molar-refractivity contribution in [2.45, 2.75) is 44.6 Å². The lowest BCUT2D eigenvalue weighted by molar-refractivity contribution is 0.301. The normalized spacial score (nSPS) is 20.7. The summed E-state index contributed by atoms with van der Waals surface area (Å²) >= 11 is 0. The van der Waals surface area contributed by atoms with Crippen molar-refractivity contribution >= 4 is 0 Å². The Kier molecular flexibility index (Phi) is 2.60. The Hall–Kier alpha value is -0.820. The van der Waals surface area contributed by atoms with Gasteiger partial charge in [-0.15, -0.1) is 0 Å². The number of hydrogen-bond donors (Lipinski definition) is 1. The van der Waals surface area contributed by atoms with Gasteiger partial charge in [0.15, 0.2) is 0 Å². The second-order valence-electron chi connectivity index (χ2n) is 4.53. The van der Waals surface area contributed by atoms with Crippen molar-refractivity contribution in [3.8, 4) is 0 Å². The van der Waals surface area contributed by atoms with Gasteiger partial charge in [-0.05, 0) is 30.9 Å². The van der Waals surface area contributed by atoms with E-state index in [1.54, 1.807) is 0 Å². The quantitative estimate of drug-likeness (QED) is 0.721. The Morgan fingerprint density at radius 3 is 2.36 bits per heavy atom. The fraction of sp³-hybridized carbons (Fsp3) is 0.538. The minimum Gasteiger partial charge on any atom is -0.321 e. The van der Waals surface area contributed by atoms with Crippen LogP contribution in [0.1, 0.15) is 43.2 Å². The third-order valence-electron chi connectivity index (χ3n) is 3.43. The summed E-state index contributed by atoms with van der Waals surface area (Å²) in [4.78, 5) is 0. The molecule has 0 spiro atoms. The van der Waals surface area contributed by atoms with Gasteiger partial charge in [0, 0.05) is 5.54 Å². The molecule has 0 heterocycles. The molecule has 1 aromatic rings. The first-order chi connectivity index (χ1) is 6.72. The molecule has 76 valence electrons. The average molecular weight is 189 g/mol. The Bertz CT molecular complexity index is 311. The molecule has 1 nitrogen and oxygen atoms in total. The van der Waals surface area contributed by atoms with E-state index in [9.17, 15) is 0 Å². The Labute approximate surface area is 86.3 Å². The maximum atomic E-state index is 6.48. The van der Waals surface area contributed by atoms with E-state index < -0.39 is 0 Å². The van der Waals surface area contributed by atoms with Crippen LogP contribution >= 0.6 is 0 Å². The van der Waals surface area contributed by atoms with Crippen molar-refractivity contribution in [1.29, 1.82) is 0 Å². The van der Waals surface area contributed by atoms with Crippen LogP contribution in [0.2, 0.25) is 0 Å². The van der Waals surface area contributed by atoms with Crippen molar-refractivity contribution in [3.05, 3.63) is 35.4 Å². The summed E-state index contributed by atoms with van der Waals surface area (Å²) in [6.07, 6.45) is 6.22. The topological polar surface area (TPSA) is 26.0 Å². The molecule has 0 saturated heterocycles. The van der Waals surface area contributed by atoms with Crippen LogP contribution in [0.25, 0.3) is 0 Å². The minimum atomic E-state index is -0.0381. The van der Waals surface area contributed by atoms with E-state index >= 15 is 0 Å². The predicted molar refractivity (Wildman–Crippen MR) is 60.1 cm³/mol. The first-order valence-electron chi connectivity index (χ1n) is 5.57. The molecule has 1 aliphatic carbocycles. The Morgan fingerprint density at radius 2 is 1.71 bits per heavy atom. The molecular weight excluding hydrogens is 170 g/mol.